The summed E-state index contributed by atoms with van der Waals surface area (Å²) < 4.78 is 11.1. The predicted octanol–water partition coefficient (Wildman–Crippen LogP) is 3.74. The summed E-state index contributed by atoms with van der Waals surface area (Å²) in [5.74, 6) is 2.98. The fourth-order valence-corrected chi connectivity index (χ4v) is 3.21. The lowest BCUT2D eigenvalue weighted by Gasteiger charge is -2.23. The third kappa shape index (κ3) is 3.53. The Morgan fingerprint density at radius 3 is 2.67 bits per heavy atom. The molecule has 0 bridgehead atoms. The minimum Gasteiger partial charge on any atom is -0.486 e. The number of nitrogens with one attached hydrogen (secondary N) is 2. The molecule has 0 radical (unpaired) electrons. The number of anilines is 3. The second-order valence-electron chi connectivity index (χ2n) is 6.23. The summed E-state index contributed by atoms with van der Waals surface area (Å²) in [6.07, 6.45) is 8.15. The smallest absolute Gasteiger partial charge is 0.229 e. The van der Waals surface area contributed by atoms with Crippen LogP contribution in [-0.4, -0.2) is 29.2 Å². The van der Waals surface area contributed by atoms with Crippen LogP contribution in [0, 0.1) is 0 Å². The fraction of sp³-hybridized carbons (Fsp3) is 0.444. The van der Waals surface area contributed by atoms with Crippen LogP contribution in [0.25, 0.3) is 0 Å². The zero-order valence-electron chi connectivity index (χ0n) is 13.6. The van der Waals surface area contributed by atoms with Crippen molar-refractivity contribution in [3.63, 3.8) is 0 Å². The number of rotatable bonds is 4. The van der Waals surface area contributed by atoms with Crippen molar-refractivity contribution in [3.8, 4) is 11.5 Å². The van der Waals surface area contributed by atoms with E-state index in [1.54, 1.807) is 6.20 Å². The average molecular weight is 326 g/mol. The maximum Gasteiger partial charge on any atom is 0.229 e. The van der Waals surface area contributed by atoms with Gasteiger partial charge in [0.2, 0.25) is 5.95 Å². The second kappa shape index (κ2) is 6.95. The Hall–Kier alpha value is -2.50. The molecule has 1 aromatic heterocycles. The first-order valence-electron chi connectivity index (χ1n) is 8.63. The van der Waals surface area contributed by atoms with E-state index < -0.39 is 0 Å². The Morgan fingerprint density at radius 2 is 1.79 bits per heavy atom. The van der Waals surface area contributed by atoms with Crippen molar-refractivity contribution in [2.24, 2.45) is 0 Å². The third-order valence-electron chi connectivity index (χ3n) is 4.41. The van der Waals surface area contributed by atoms with Gasteiger partial charge in [0.1, 0.15) is 19.0 Å². The maximum absolute atomic E-state index is 5.61. The van der Waals surface area contributed by atoms with Crippen molar-refractivity contribution in [1.82, 2.24) is 9.97 Å². The van der Waals surface area contributed by atoms with Crippen LogP contribution in [0.3, 0.4) is 0 Å². The summed E-state index contributed by atoms with van der Waals surface area (Å²) in [4.78, 5) is 8.87. The first-order valence-corrected chi connectivity index (χ1v) is 8.63. The molecule has 2 N–H and O–H groups in total. The van der Waals surface area contributed by atoms with Crippen molar-refractivity contribution < 1.29 is 9.47 Å². The third-order valence-corrected chi connectivity index (χ3v) is 4.41. The molecule has 1 saturated carbocycles. The predicted molar refractivity (Wildman–Crippen MR) is 93.2 cm³/mol. The van der Waals surface area contributed by atoms with Gasteiger partial charge in [0.05, 0.1) is 0 Å². The highest BCUT2D eigenvalue weighted by atomic mass is 16.6. The highest BCUT2D eigenvalue weighted by Gasteiger charge is 2.14. The lowest BCUT2D eigenvalue weighted by atomic mass is 9.95. The molecule has 1 aliphatic heterocycles. The minimum absolute atomic E-state index is 0.524. The molecule has 0 amide bonds. The van der Waals surface area contributed by atoms with Crippen molar-refractivity contribution >= 4 is 17.5 Å². The maximum atomic E-state index is 5.61. The van der Waals surface area contributed by atoms with Gasteiger partial charge in [-0.15, -0.1) is 0 Å². The Bertz CT molecular complexity index is 701. The first kappa shape index (κ1) is 15.1. The van der Waals surface area contributed by atoms with Gasteiger partial charge in [-0.2, -0.15) is 4.98 Å². The molecule has 1 aliphatic carbocycles. The molecular weight excluding hydrogens is 304 g/mol. The molecule has 4 rings (SSSR count). The lowest BCUT2D eigenvalue weighted by Crippen LogP contribution is -2.22. The van der Waals surface area contributed by atoms with Crippen molar-refractivity contribution in [3.05, 3.63) is 30.5 Å². The Balaban J connectivity index is 1.45. The van der Waals surface area contributed by atoms with Gasteiger partial charge in [-0.1, -0.05) is 19.3 Å². The van der Waals surface area contributed by atoms with Crippen LogP contribution >= 0.6 is 0 Å². The molecule has 1 fully saturated rings. The summed E-state index contributed by atoms with van der Waals surface area (Å²) in [6.45, 7) is 1.17. The van der Waals surface area contributed by atoms with E-state index in [0.717, 1.165) is 23.0 Å². The van der Waals surface area contributed by atoms with E-state index in [9.17, 15) is 0 Å². The van der Waals surface area contributed by atoms with Gasteiger partial charge in [-0.25, -0.2) is 4.98 Å². The van der Waals surface area contributed by atoms with Gasteiger partial charge < -0.3 is 20.1 Å². The SMILES string of the molecule is c1cc(NC2CCCCC2)nc(Nc2ccc3c(c2)OCCO3)n1. The number of ether oxygens (including phenoxy) is 2. The summed E-state index contributed by atoms with van der Waals surface area (Å²) in [7, 11) is 0. The largest absolute Gasteiger partial charge is 0.486 e. The monoisotopic (exact) mass is 326 g/mol. The van der Waals surface area contributed by atoms with E-state index in [1.165, 1.54) is 32.1 Å². The van der Waals surface area contributed by atoms with Crippen LogP contribution in [0.15, 0.2) is 30.5 Å². The molecule has 6 heteroatoms. The Kier molecular flexibility index (Phi) is 4.36. The first-order chi connectivity index (χ1) is 11.9. The van der Waals surface area contributed by atoms with E-state index in [4.69, 9.17) is 9.47 Å². The van der Waals surface area contributed by atoms with Crippen molar-refractivity contribution in [1.29, 1.82) is 0 Å². The van der Waals surface area contributed by atoms with Crippen LogP contribution in [0.5, 0.6) is 11.5 Å². The highest BCUT2D eigenvalue weighted by Crippen LogP contribution is 2.33. The molecule has 0 atom stereocenters. The molecule has 0 saturated heterocycles. The number of aromatic nitrogens is 2. The summed E-state index contributed by atoms with van der Waals surface area (Å²) >= 11 is 0. The van der Waals surface area contributed by atoms with Gasteiger partial charge >= 0.3 is 0 Å². The van der Waals surface area contributed by atoms with E-state index in [0.29, 0.717) is 25.2 Å². The van der Waals surface area contributed by atoms with E-state index in [-0.39, 0.29) is 0 Å². The number of fused-ring (bicyclic) bond motifs is 1. The Morgan fingerprint density at radius 1 is 0.958 bits per heavy atom. The molecule has 0 unspecified atom stereocenters. The average Bonchev–Trinajstić information content (AvgIpc) is 2.63. The van der Waals surface area contributed by atoms with Crippen molar-refractivity contribution in [2.75, 3.05) is 23.8 Å². The zero-order chi connectivity index (χ0) is 16.2. The van der Waals surface area contributed by atoms with Crippen LogP contribution in [0.4, 0.5) is 17.5 Å². The Labute approximate surface area is 141 Å². The van der Waals surface area contributed by atoms with Gasteiger partial charge in [0.25, 0.3) is 0 Å². The molecular formula is C18H22N4O2. The van der Waals surface area contributed by atoms with Gasteiger partial charge in [-0.05, 0) is 31.0 Å². The van der Waals surface area contributed by atoms with E-state index in [2.05, 4.69) is 20.6 Å². The van der Waals surface area contributed by atoms with Crippen molar-refractivity contribution in [2.45, 2.75) is 38.1 Å². The summed E-state index contributed by atoms with van der Waals surface area (Å²) in [5.41, 5.74) is 0.883. The number of hydrogen-bond donors (Lipinski definition) is 2. The second-order valence-corrected chi connectivity index (χ2v) is 6.23. The highest BCUT2D eigenvalue weighted by molar-refractivity contribution is 5.60. The number of benzene rings is 1. The zero-order valence-corrected chi connectivity index (χ0v) is 13.6. The van der Waals surface area contributed by atoms with Gasteiger partial charge in [-0.3, -0.25) is 0 Å². The topological polar surface area (TPSA) is 68.3 Å². The molecule has 0 spiro atoms. The molecule has 1 aromatic carbocycles. The molecule has 2 aliphatic rings. The summed E-state index contributed by atoms with van der Waals surface area (Å²) in [5, 5.41) is 6.76. The van der Waals surface area contributed by atoms with Crippen LogP contribution < -0.4 is 20.1 Å². The number of nitrogens with zero attached hydrogens (tertiary/aromatic N) is 2. The molecule has 24 heavy (non-hydrogen) atoms. The fourth-order valence-electron chi connectivity index (χ4n) is 3.21. The van der Waals surface area contributed by atoms with Crippen LogP contribution in [-0.2, 0) is 0 Å². The molecule has 126 valence electrons. The van der Waals surface area contributed by atoms with Gasteiger partial charge in [0, 0.05) is 24.0 Å². The molecule has 6 nitrogen and oxygen atoms in total. The summed E-state index contributed by atoms with van der Waals surface area (Å²) in [6, 6.07) is 8.21. The quantitative estimate of drug-likeness (QED) is 0.892. The standard InChI is InChI=1S/C18H22N4O2/c1-2-4-13(5-3-1)20-17-8-9-19-18(22-17)21-14-6-7-15-16(12-14)24-11-10-23-15/h6-9,12-13H,1-5,10-11H2,(H2,19,20,21,22). The number of hydrogen-bond acceptors (Lipinski definition) is 6. The van der Waals surface area contributed by atoms with E-state index in [1.807, 2.05) is 24.3 Å². The molecule has 2 heterocycles. The lowest BCUT2D eigenvalue weighted by molar-refractivity contribution is 0.171. The van der Waals surface area contributed by atoms with Gasteiger partial charge in [0.15, 0.2) is 11.5 Å². The van der Waals surface area contributed by atoms with Crippen LogP contribution in [0.2, 0.25) is 0 Å². The van der Waals surface area contributed by atoms with Crippen LogP contribution in [0.1, 0.15) is 32.1 Å². The normalized spacial score (nSPS) is 17.3. The minimum atomic E-state index is 0.524. The molecule has 2 aromatic rings. The van der Waals surface area contributed by atoms with E-state index >= 15 is 0 Å².